The van der Waals surface area contributed by atoms with Gasteiger partial charge in [0, 0.05) is 0 Å². The van der Waals surface area contributed by atoms with E-state index in [0.29, 0.717) is 21.5 Å². The summed E-state index contributed by atoms with van der Waals surface area (Å²) >= 11 is 3.12. The Balaban J connectivity index is 2.26. The predicted octanol–water partition coefficient (Wildman–Crippen LogP) is 3.17. The van der Waals surface area contributed by atoms with Crippen LogP contribution in [0.1, 0.15) is 15.9 Å². The third-order valence-corrected chi connectivity index (χ3v) is 2.77. The van der Waals surface area contributed by atoms with Gasteiger partial charge in [-0.25, -0.2) is 0 Å². The molecule has 0 atom stereocenters. The zero-order chi connectivity index (χ0) is 12.3. The summed E-state index contributed by atoms with van der Waals surface area (Å²) in [7, 11) is 0. The van der Waals surface area contributed by atoms with Crippen LogP contribution in [0.3, 0.4) is 0 Å². The Morgan fingerprint density at radius 3 is 2.76 bits per heavy atom. The van der Waals surface area contributed by atoms with Crippen LogP contribution in [-0.4, -0.2) is 5.91 Å². The van der Waals surface area contributed by atoms with Crippen LogP contribution >= 0.6 is 15.9 Å². The van der Waals surface area contributed by atoms with Crippen LogP contribution in [0.15, 0.2) is 45.7 Å². The SMILES string of the molecule is N#Cc1ccccc1NC(=O)c1ccoc1Br. The summed E-state index contributed by atoms with van der Waals surface area (Å²) < 4.78 is 5.34. The molecule has 0 bridgehead atoms. The van der Waals surface area contributed by atoms with Crippen LogP contribution in [0.5, 0.6) is 0 Å². The molecule has 0 aliphatic heterocycles. The van der Waals surface area contributed by atoms with Gasteiger partial charge in [0.2, 0.25) is 0 Å². The lowest BCUT2D eigenvalue weighted by Gasteiger charge is -2.05. The van der Waals surface area contributed by atoms with E-state index in [2.05, 4.69) is 21.2 Å². The maximum Gasteiger partial charge on any atom is 0.260 e. The molecule has 1 amide bonds. The lowest BCUT2D eigenvalue weighted by molar-refractivity contribution is 0.102. The molecule has 0 radical (unpaired) electrons. The largest absolute Gasteiger partial charge is 0.457 e. The van der Waals surface area contributed by atoms with Crippen molar-refractivity contribution in [2.45, 2.75) is 0 Å². The summed E-state index contributed by atoms with van der Waals surface area (Å²) in [6.07, 6.45) is 1.41. The number of carbonyl (C=O) groups is 1. The molecule has 5 heteroatoms. The zero-order valence-electron chi connectivity index (χ0n) is 8.61. The summed E-state index contributed by atoms with van der Waals surface area (Å²) in [5, 5.41) is 11.5. The average Bonchev–Trinajstić information content (AvgIpc) is 2.76. The Kier molecular flexibility index (Phi) is 3.26. The van der Waals surface area contributed by atoms with Crippen molar-refractivity contribution < 1.29 is 9.21 Å². The van der Waals surface area contributed by atoms with Crippen LogP contribution in [0.25, 0.3) is 0 Å². The number of rotatable bonds is 2. The summed E-state index contributed by atoms with van der Waals surface area (Å²) in [5.74, 6) is -0.326. The molecule has 0 saturated heterocycles. The second-order valence-corrected chi connectivity index (χ2v) is 3.94. The molecule has 2 aromatic rings. The molecule has 0 aliphatic carbocycles. The number of furan rings is 1. The summed E-state index contributed by atoms with van der Waals surface area (Å²) in [6, 6.07) is 10.4. The highest BCUT2D eigenvalue weighted by Crippen LogP contribution is 2.20. The van der Waals surface area contributed by atoms with E-state index in [0.717, 1.165) is 0 Å². The molecule has 1 heterocycles. The number of benzene rings is 1. The van der Waals surface area contributed by atoms with E-state index in [1.165, 1.54) is 6.26 Å². The van der Waals surface area contributed by atoms with Gasteiger partial charge in [0.25, 0.3) is 5.91 Å². The van der Waals surface area contributed by atoms with Crippen molar-refractivity contribution in [1.29, 1.82) is 5.26 Å². The van der Waals surface area contributed by atoms with E-state index in [1.807, 2.05) is 6.07 Å². The maximum absolute atomic E-state index is 11.9. The van der Waals surface area contributed by atoms with Gasteiger partial charge in [-0.05, 0) is 34.1 Å². The molecule has 0 saturated carbocycles. The third kappa shape index (κ3) is 2.37. The Bertz CT molecular complexity index is 599. The van der Waals surface area contributed by atoms with Crippen molar-refractivity contribution in [2.75, 3.05) is 5.32 Å². The smallest absolute Gasteiger partial charge is 0.260 e. The number of hydrogen-bond acceptors (Lipinski definition) is 3. The number of nitrogens with zero attached hydrogens (tertiary/aromatic N) is 1. The monoisotopic (exact) mass is 290 g/mol. The van der Waals surface area contributed by atoms with Crippen LogP contribution in [0.4, 0.5) is 5.69 Å². The number of amides is 1. The summed E-state index contributed by atoms with van der Waals surface area (Å²) in [6.45, 7) is 0. The molecule has 1 aromatic heterocycles. The molecule has 1 aromatic carbocycles. The number of hydrogen-bond donors (Lipinski definition) is 1. The number of carbonyl (C=O) groups excluding carboxylic acids is 1. The lowest BCUT2D eigenvalue weighted by atomic mass is 10.2. The minimum absolute atomic E-state index is 0.326. The van der Waals surface area contributed by atoms with Crippen molar-refractivity contribution in [2.24, 2.45) is 0 Å². The first-order valence-electron chi connectivity index (χ1n) is 4.76. The average molecular weight is 291 g/mol. The second kappa shape index (κ2) is 4.85. The molecule has 1 N–H and O–H groups in total. The topological polar surface area (TPSA) is 66.0 Å². The van der Waals surface area contributed by atoms with Crippen molar-refractivity contribution in [3.63, 3.8) is 0 Å². The molecular weight excluding hydrogens is 284 g/mol. The van der Waals surface area contributed by atoms with Gasteiger partial charge in [0.05, 0.1) is 23.1 Å². The molecule has 0 unspecified atom stereocenters. The zero-order valence-corrected chi connectivity index (χ0v) is 10.2. The Morgan fingerprint density at radius 2 is 2.12 bits per heavy atom. The minimum atomic E-state index is -0.326. The van der Waals surface area contributed by atoms with Crippen LogP contribution in [-0.2, 0) is 0 Å². The van der Waals surface area contributed by atoms with Crippen molar-refractivity contribution >= 4 is 27.5 Å². The number of nitriles is 1. The van der Waals surface area contributed by atoms with Gasteiger partial charge in [0.1, 0.15) is 6.07 Å². The van der Waals surface area contributed by atoms with Gasteiger partial charge < -0.3 is 9.73 Å². The maximum atomic E-state index is 11.9. The molecule has 84 valence electrons. The van der Waals surface area contributed by atoms with E-state index in [-0.39, 0.29) is 5.91 Å². The van der Waals surface area contributed by atoms with Gasteiger partial charge in [-0.15, -0.1) is 0 Å². The fourth-order valence-corrected chi connectivity index (χ4v) is 1.76. The molecule has 2 rings (SSSR count). The highest BCUT2D eigenvalue weighted by Gasteiger charge is 2.13. The van der Waals surface area contributed by atoms with E-state index in [9.17, 15) is 4.79 Å². The van der Waals surface area contributed by atoms with E-state index < -0.39 is 0 Å². The fraction of sp³-hybridized carbons (Fsp3) is 0. The van der Waals surface area contributed by atoms with Crippen LogP contribution < -0.4 is 5.32 Å². The van der Waals surface area contributed by atoms with Crippen LogP contribution in [0.2, 0.25) is 0 Å². The van der Waals surface area contributed by atoms with E-state index >= 15 is 0 Å². The Morgan fingerprint density at radius 1 is 1.35 bits per heavy atom. The number of anilines is 1. The van der Waals surface area contributed by atoms with Crippen molar-refractivity contribution in [3.8, 4) is 6.07 Å². The number of para-hydroxylation sites is 1. The van der Waals surface area contributed by atoms with E-state index in [4.69, 9.17) is 9.68 Å². The van der Waals surface area contributed by atoms with Gasteiger partial charge >= 0.3 is 0 Å². The predicted molar refractivity (Wildman–Crippen MR) is 65.5 cm³/mol. The number of nitrogens with one attached hydrogen (secondary N) is 1. The first-order valence-corrected chi connectivity index (χ1v) is 5.55. The van der Waals surface area contributed by atoms with Crippen molar-refractivity contribution in [3.05, 3.63) is 52.4 Å². The number of halogens is 1. The summed E-state index contributed by atoms with van der Waals surface area (Å²) in [5.41, 5.74) is 1.28. The third-order valence-electron chi connectivity index (χ3n) is 2.16. The first-order chi connectivity index (χ1) is 8.22. The first kappa shape index (κ1) is 11.4. The van der Waals surface area contributed by atoms with Crippen molar-refractivity contribution in [1.82, 2.24) is 0 Å². The highest BCUT2D eigenvalue weighted by molar-refractivity contribution is 9.10. The van der Waals surface area contributed by atoms with E-state index in [1.54, 1.807) is 30.3 Å². The quantitative estimate of drug-likeness (QED) is 0.924. The molecule has 4 nitrogen and oxygen atoms in total. The second-order valence-electron chi connectivity index (χ2n) is 3.22. The van der Waals surface area contributed by atoms with Crippen LogP contribution in [0, 0.1) is 11.3 Å². The minimum Gasteiger partial charge on any atom is -0.457 e. The normalized spacial score (nSPS) is 9.65. The molecule has 0 fully saturated rings. The molecule has 0 spiro atoms. The molecular formula is C12H7BrN2O2. The summed E-state index contributed by atoms with van der Waals surface area (Å²) in [4.78, 5) is 11.9. The van der Waals surface area contributed by atoms with Gasteiger partial charge in [0.15, 0.2) is 4.67 Å². The lowest BCUT2D eigenvalue weighted by Crippen LogP contribution is -2.12. The van der Waals surface area contributed by atoms with Gasteiger partial charge in [-0.1, -0.05) is 12.1 Å². The fourth-order valence-electron chi connectivity index (χ4n) is 1.34. The Labute approximate surface area is 106 Å². The van der Waals surface area contributed by atoms with Gasteiger partial charge in [-0.2, -0.15) is 5.26 Å². The Hall–Kier alpha value is -2.06. The molecule has 17 heavy (non-hydrogen) atoms. The molecule has 0 aliphatic rings. The van der Waals surface area contributed by atoms with Gasteiger partial charge in [-0.3, -0.25) is 4.79 Å². The standard InChI is InChI=1S/C12H7BrN2O2/c13-11-9(5-6-17-11)12(16)15-10-4-2-1-3-8(10)7-14/h1-6H,(H,15,16). The highest BCUT2D eigenvalue weighted by atomic mass is 79.9.